The van der Waals surface area contributed by atoms with E-state index >= 15 is 0 Å². The summed E-state index contributed by atoms with van der Waals surface area (Å²) in [4.78, 5) is 12.0. The van der Waals surface area contributed by atoms with E-state index in [9.17, 15) is 18.0 Å². The van der Waals surface area contributed by atoms with Gasteiger partial charge in [0.2, 0.25) is 0 Å². The molecule has 0 radical (unpaired) electrons. The van der Waals surface area contributed by atoms with E-state index in [1.54, 1.807) is 0 Å². The van der Waals surface area contributed by atoms with Gasteiger partial charge in [0.25, 0.3) is 5.91 Å². The maximum atomic E-state index is 12.2. The first-order valence-electron chi connectivity index (χ1n) is 6.58. The average Bonchev–Trinajstić information content (AvgIpc) is 3.16. The molecule has 1 aliphatic carbocycles. The fraction of sp³-hybridized carbons (Fsp3) is 0.500. The fourth-order valence-electron chi connectivity index (χ4n) is 2.11. The van der Waals surface area contributed by atoms with Gasteiger partial charge in [0, 0.05) is 23.6 Å². The van der Waals surface area contributed by atoms with Gasteiger partial charge in [0.1, 0.15) is 0 Å². The first-order valence-corrected chi connectivity index (χ1v) is 7.40. The van der Waals surface area contributed by atoms with Gasteiger partial charge in [-0.2, -0.15) is 13.2 Å². The van der Waals surface area contributed by atoms with E-state index in [0.717, 1.165) is 12.8 Å². The van der Waals surface area contributed by atoms with Crippen molar-refractivity contribution >= 4 is 17.7 Å². The third-order valence-corrected chi connectivity index (χ3v) is 4.31. The molecular weight excluding hydrogens is 303 g/mol. The standard InChI is InChI=1S/C14H16F3NO2S/c15-14(16,17)21-11-3-1-10(2-4-11)12(20)18-9-13(5-6-13)7-8-19/h1-4,19H,5-9H2,(H,18,20). The Hall–Kier alpha value is -1.21. The van der Waals surface area contributed by atoms with Crippen molar-refractivity contribution in [2.24, 2.45) is 5.41 Å². The van der Waals surface area contributed by atoms with Crippen molar-refractivity contribution in [2.45, 2.75) is 29.7 Å². The minimum Gasteiger partial charge on any atom is -0.396 e. The SMILES string of the molecule is O=C(NCC1(CCO)CC1)c1ccc(SC(F)(F)F)cc1. The Bertz CT molecular complexity index is 498. The second kappa shape index (κ2) is 6.27. The molecule has 0 heterocycles. The molecule has 0 bridgehead atoms. The van der Waals surface area contributed by atoms with Crippen molar-refractivity contribution in [2.75, 3.05) is 13.2 Å². The number of benzene rings is 1. The summed E-state index contributed by atoms with van der Waals surface area (Å²) in [5.41, 5.74) is -3.98. The van der Waals surface area contributed by atoms with Crippen LogP contribution < -0.4 is 5.32 Å². The predicted molar refractivity (Wildman–Crippen MR) is 74.1 cm³/mol. The van der Waals surface area contributed by atoms with Gasteiger partial charge in [0.15, 0.2) is 0 Å². The highest BCUT2D eigenvalue weighted by Crippen LogP contribution is 2.47. The zero-order valence-electron chi connectivity index (χ0n) is 11.2. The van der Waals surface area contributed by atoms with Crippen LogP contribution in [-0.4, -0.2) is 29.7 Å². The molecule has 0 atom stereocenters. The largest absolute Gasteiger partial charge is 0.446 e. The summed E-state index contributed by atoms with van der Waals surface area (Å²) in [5.74, 6) is -0.303. The minimum absolute atomic E-state index is 0.0104. The Morgan fingerprint density at radius 2 is 1.90 bits per heavy atom. The fourth-order valence-corrected chi connectivity index (χ4v) is 2.65. The summed E-state index contributed by atoms with van der Waals surface area (Å²) in [6.45, 7) is 0.588. The Balaban J connectivity index is 1.88. The highest BCUT2D eigenvalue weighted by atomic mass is 32.2. The Kier molecular flexibility index (Phi) is 4.83. The van der Waals surface area contributed by atoms with Gasteiger partial charge in [-0.3, -0.25) is 4.79 Å². The molecule has 1 saturated carbocycles. The lowest BCUT2D eigenvalue weighted by molar-refractivity contribution is -0.0328. The van der Waals surface area contributed by atoms with Gasteiger partial charge < -0.3 is 10.4 Å². The van der Waals surface area contributed by atoms with E-state index in [-0.39, 0.29) is 34.6 Å². The number of aliphatic hydroxyl groups excluding tert-OH is 1. The molecule has 1 aromatic rings. The van der Waals surface area contributed by atoms with Crippen molar-refractivity contribution in [3.05, 3.63) is 29.8 Å². The van der Waals surface area contributed by atoms with Crippen LogP contribution in [0.2, 0.25) is 0 Å². The molecule has 1 aliphatic rings. The number of amides is 1. The average molecular weight is 319 g/mol. The molecule has 2 N–H and O–H groups in total. The third-order valence-electron chi connectivity index (χ3n) is 3.57. The van der Waals surface area contributed by atoms with E-state index in [2.05, 4.69) is 5.32 Å². The minimum atomic E-state index is -4.33. The predicted octanol–water partition coefficient (Wildman–Crippen LogP) is 3.19. The second-order valence-electron chi connectivity index (χ2n) is 5.23. The lowest BCUT2D eigenvalue weighted by Crippen LogP contribution is -2.30. The zero-order chi connectivity index (χ0) is 15.5. The maximum absolute atomic E-state index is 12.2. The van der Waals surface area contributed by atoms with Gasteiger partial charge in [-0.1, -0.05) is 0 Å². The van der Waals surface area contributed by atoms with Gasteiger partial charge in [-0.15, -0.1) is 0 Å². The number of hydrogen-bond acceptors (Lipinski definition) is 3. The molecule has 3 nitrogen and oxygen atoms in total. The number of carbonyl (C=O) groups excluding carboxylic acids is 1. The van der Waals surface area contributed by atoms with Crippen LogP contribution in [-0.2, 0) is 0 Å². The molecule has 21 heavy (non-hydrogen) atoms. The lowest BCUT2D eigenvalue weighted by Gasteiger charge is -2.14. The number of nitrogens with one attached hydrogen (secondary N) is 1. The van der Waals surface area contributed by atoms with Crippen molar-refractivity contribution < 1.29 is 23.1 Å². The number of hydrogen-bond donors (Lipinski definition) is 2. The van der Waals surface area contributed by atoms with Gasteiger partial charge >= 0.3 is 5.51 Å². The number of carbonyl (C=O) groups is 1. The Labute approximate surface area is 124 Å². The van der Waals surface area contributed by atoms with Gasteiger partial charge in [-0.05, 0) is 60.7 Å². The Morgan fingerprint density at radius 1 is 1.29 bits per heavy atom. The van der Waals surface area contributed by atoms with E-state index in [1.807, 2.05) is 0 Å². The van der Waals surface area contributed by atoms with Crippen molar-refractivity contribution in [3.8, 4) is 0 Å². The Morgan fingerprint density at radius 3 is 2.38 bits per heavy atom. The molecular formula is C14H16F3NO2S. The summed E-state index contributed by atoms with van der Waals surface area (Å²) >= 11 is -0.204. The van der Waals surface area contributed by atoms with Crippen molar-refractivity contribution in [1.82, 2.24) is 5.32 Å². The summed E-state index contributed by atoms with van der Waals surface area (Å²) in [6.07, 6.45) is 2.62. The summed E-state index contributed by atoms with van der Waals surface area (Å²) in [7, 11) is 0. The topological polar surface area (TPSA) is 49.3 Å². The number of rotatable bonds is 6. The van der Waals surface area contributed by atoms with Crippen LogP contribution in [0.3, 0.4) is 0 Å². The van der Waals surface area contributed by atoms with Crippen LogP contribution >= 0.6 is 11.8 Å². The molecule has 116 valence electrons. The first kappa shape index (κ1) is 16.2. The van der Waals surface area contributed by atoms with E-state index in [1.165, 1.54) is 24.3 Å². The highest BCUT2D eigenvalue weighted by molar-refractivity contribution is 8.00. The molecule has 7 heteroatoms. The van der Waals surface area contributed by atoms with E-state index in [0.29, 0.717) is 18.5 Å². The molecule has 1 fully saturated rings. The second-order valence-corrected chi connectivity index (χ2v) is 6.37. The number of halogens is 3. The summed E-state index contributed by atoms with van der Waals surface area (Å²) in [5, 5.41) is 11.7. The van der Waals surface area contributed by atoms with Crippen LogP contribution in [0.5, 0.6) is 0 Å². The van der Waals surface area contributed by atoms with Crippen LogP contribution in [0.15, 0.2) is 29.2 Å². The number of alkyl halides is 3. The number of thioether (sulfide) groups is 1. The summed E-state index contributed by atoms with van der Waals surface area (Å²) < 4.78 is 36.6. The zero-order valence-corrected chi connectivity index (χ0v) is 12.1. The lowest BCUT2D eigenvalue weighted by atomic mass is 10.0. The van der Waals surface area contributed by atoms with Crippen LogP contribution in [0.25, 0.3) is 0 Å². The third kappa shape index (κ3) is 4.93. The van der Waals surface area contributed by atoms with E-state index in [4.69, 9.17) is 5.11 Å². The smallest absolute Gasteiger partial charge is 0.396 e. The monoisotopic (exact) mass is 319 g/mol. The first-order chi connectivity index (χ1) is 9.84. The molecule has 1 amide bonds. The van der Waals surface area contributed by atoms with Crippen LogP contribution in [0.4, 0.5) is 13.2 Å². The quantitative estimate of drug-likeness (QED) is 0.792. The molecule has 0 aliphatic heterocycles. The maximum Gasteiger partial charge on any atom is 0.446 e. The van der Waals surface area contributed by atoms with E-state index < -0.39 is 5.51 Å². The molecule has 0 saturated heterocycles. The van der Waals surface area contributed by atoms with Crippen molar-refractivity contribution in [3.63, 3.8) is 0 Å². The van der Waals surface area contributed by atoms with Gasteiger partial charge in [-0.25, -0.2) is 0 Å². The number of aliphatic hydroxyl groups is 1. The normalized spacial score (nSPS) is 16.6. The molecule has 1 aromatic carbocycles. The molecule has 0 unspecified atom stereocenters. The van der Waals surface area contributed by atoms with Gasteiger partial charge in [0.05, 0.1) is 0 Å². The van der Waals surface area contributed by atoms with Crippen molar-refractivity contribution in [1.29, 1.82) is 0 Å². The van der Waals surface area contributed by atoms with Crippen LogP contribution in [0.1, 0.15) is 29.6 Å². The molecule has 0 spiro atoms. The highest BCUT2D eigenvalue weighted by Gasteiger charge is 2.41. The molecule has 0 aromatic heterocycles. The molecule has 2 rings (SSSR count). The summed E-state index contributed by atoms with van der Waals surface area (Å²) in [6, 6.07) is 5.34. The van der Waals surface area contributed by atoms with Crippen LogP contribution in [0, 0.1) is 5.41 Å².